The van der Waals surface area contributed by atoms with Crippen LogP contribution in [-0.4, -0.2) is 33.9 Å². The average molecular weight is 356 g/mol. The van der Waals surface area contributed by atoms with Crippen LogP contribution in [0.15, 0.2) is 40.4 Å². The molecule has 0 fully saturated rings. The van der Waals surface area contributed by atoms with E-state index in [1.54, 1.807) is 10.8 Å². The first-order chi connectivity index (χ1) is 10.8. The van der Waals surface area contributed by atoms with Crippen molar-refractivity contribution in [2.24, 2.45) is 0 Å². The van der Waals surface area contributed by atoms with Gasteiger partial charge in [0.2, 0.25) is 10.0 Å². The number of rotatable bonds is 3. The zero-order chi connectivity index (χ0) is 16.8. The molecule has 0 saturated carbocycles. The van der Waals surface area contributed by atoms with Gasteiger partial charge in [0.1, 0.15) is 0 Å². The molecule has 11 heteroatoms. The molecular weight excluding hydrogens is 346 g/mol. The lowest BCUT2D eigenvalue weighted by Gasteiger charge is -2.10. The van der Waals surface area contributed by atoms with Crippen molar-refractivity contribution in [3.05, 3.63) is 56.7 Å². The van der Waals surface area contributed by atoms with Crippen molar-refractivity contribution in [3.8, 4) is 5.69 Å². The fourth-order valence-corrected chi connectivity index (χ4v) is 2.83. The number of hydrogen-bond acceptors (Lipinski definition) is 5. The topological polar surface area (TPSA) is 119 Å². The van der Waals surface area contributed by atoms with Crippen molar-refractivity contribution in [1.82, 2.24) is 19.2 Å². The fourth-order valence-electron chi connectivity index (χ4n) is 2.07. The highest BCUT2D eigenvalue weighted by Gasteiger charge is 2.14. The highest BCUT2D eigenvalue weighted by molar-refractivity contribution is 7.91. The third-order valence-electron chi connectivity index (χ3n) is 3.00. The van der Waals surface area contributed by atoms with Crippen LogP contribution >= 0.6 is 11.6 Å². The Morgan fingerprint density at radius 2 is 2.04 bits per heavy atom. The number of fused-ring (bicyclic) bond motifs is 1. The number of aromatic amines is 1. The Labute approximate surface area is 134 Å². The van der Waals surface area contributed by atoms with E-state index in [0.29, 0.717) is 15.4 Å². The van der Waals surface area contributed by atoms with E-state index in [-0.39, 0.29) is 10.9 Å². The van der Waals surface area contributed by atoms with Gasteiger partial charge in [0.25, 0.3) is 5.56 Å². The summed E-state index contributed by atoms with van der Waals surface area (Å²) in [7, 11) is -3.80. The second kappa shape index (κ2) is 5.25. The van der Waals surface area contributed by atoms with E-state index in [1.807, 2.05) is 4.83 Å². The molecule has 0 radical (unpaired) electrons. The second-order valence-electron chi connectivity index (χ2n) is 4.75. The third kappa shape index (κ3) is 2.85. The molecular formula is C12H10ClN5O4S. The summed E-state index contributed by atoms with van der Waals surface area (Å²) in [6.45, 7) is 0. The van der Waals surface area contributed by atoms with Crippen molar-refractivity contribution in [1.29, 1.82) is 0 Å². The largest absolute Gasteiger partial charge is 0.348 e. The maximum atomic E-state index is 12.4. The van der Waals surface area contributed by atoms with Crippen LogP contribution in [0.2, 0.25) is 5.02 Å². The number of sulfonamides is 1. The molecule has 0 amide bonds. The first-order valence-corrected chi connectivity index (χ1v) is 8.48. The van der Waals surface area contributed by atoms with Gasteiger partial charge in [0, 0.05) is 12.4 Å². The molecule has 0 aliphatic rings. The molecule has 23 heavy (non-hydrogen) atoms. The molecule has 2 heterocycles. The summed E-state index contributed by atoms with van der Waals surface area (Å²) in [5.74, 6) is 0. The van der Waals surface area contributed by atoms with Gasteiger partial charge >= 0.3 is 5.69 Å². The Balaban J connectivity index is 2.34. The SMILES string of the molecule is CS(=O)(=O)Nn1c(=O)[nH]c2cc(Cl)c(-n3ccnc3)cc2c1=O. The molecule has 1 aromatic carbocycles. The van der Waals surface area contributed by atoms with E-state index in [4.69, 9.17) is 11.6 Å². The van der Waals surface area contributed by atoms with Crippen molar-refractivity contribution >= 4 is 32.5 Å². The molecule has 0 aliphatic carbocycles. The van der Waals surface area contributed by atoms with Crippen molar-refractivity contribution < 1.29 is 8.42 Å². The lowest BCUT2D eigenvalue weighted by Crippen LogP contribution is -2.43. The number of H-pyrrole nitrogens is 1. The van der Waals surface area contributed by atoms with Crippen LogP contribution < -0.4 is 16.1 Å². The summed E-state index contributed by atoms with van der Waals surface area (Å²) in [5.41, 5.74) is -1.07. The predicted molar refractivity (Wildman–Crippen MR) is 85.2 cm³/mol. The van der Waals surface area contributed by atoms with Gasteiger partial charge in [0.15, 0.2) is 0 Å². The monoisotopic (exact) mass is 355 g/mol. The Hall–Kier alpha value is -2.59. The van der Waals surface area contributed by atoms with Gasteiger partial charge in [-0.15, -0.1) is 0 Å². The van der Waals surface area contributed by atoms with Crippen LogP contribution in [0.1, 0.15) is 0 Å². The minimum atomic E-state index is -3.80. The van der Waals surface area contributed by atoms with Gasteiger partial charge in [-0.3, -0.25) is 4.79 Å². The maximum Gasteiger partial charge on any atom is 0.348 e. The predicted octanol–water partition coefficient (Wildman–Crippen LogP) is 0.0320. The summed E-state index contributed by atoms with van der Waals surface area (Å²) in [5, 5.41) is 0.383. The number of hydrogen-bond donors (Lipinski definition) is 2. The van der Waals surface area contributed by atoms with E-state index in [9.17, 15) is 18.0 Å². The molecule has 0 unspecified atom stereocenters. The van der Waals surface area contributed by atoms with Gasteiger partial charge in [-0.2, -0.15) is 4.68 Å². The maximum absolute atomic E-state index is 12.4. The Morgan fingerprint density at radius 1 is 1.30 bits per heavy atom. The van der Waals surface area contributed by atoms with Gasteiger partial charge in [-0.25, -0.2) is 23.0 Å². The van der Waals surface area contributed by atoms with E-state index in [2.05, 4.69) is 9.97 Å². The van der Waals surface area contributed by atoms with Crippen LogP contribution in [-0.2, 0) is 10.0 Å². The number of benzene rings is 1. The first kappa shape index (κ1) is 15.3. The Morgan fingerprint density at radius 3 is 2.65 bits per heavy atom. The molecule has 2 N–H and O–H groups in total. The highest BCUT2D eigenvalue weighted by atomic mass is 35.5. The molecule has 0 aliphatic heterocycles. The van der Waals surface area contributed by atoms with Crippen LogP contribution in [0.5, 0.6) is 0 Å². The Bertz CT molecular complexity index is 1110. The quantitative estimate of drug-likeness (QED) is 0.687. The van der Waals surface area contributed by atoms with Crippen LogP contribution in [0.25, 0.3) is 16.6 Å². The molecule has 3 aromatic rings. The van der Waals surface area contributed by atoms with E-state index in [1.165, 1.54) is 24.7 Å². The number of imidazole rings is 1. The van der Waals surface area contributed by atoms with E-state index in [0.717, 1.165) is 6.26 Å². The molecule has 3 rings (SSSR count). The number of nitrogens with one attached hydrogen (secondary N) is 2. The van der Waals surface area contributed by atoms with Crippen LogP contribution in [0, 0.1) is 0 Å². The van der Waals surface area contributed by atoms with E-state index >= 15 is 0 Å². The van der Waals surface area contributed by atoms with E-state index < -0.39 is 21.3 Å². The normalized spacial score (nSPS) is 11.7. The Kier molecular flexibility index (Phi) is 3.49. The molecule has 2 aromatic heterocycles. The van der Waals surface area contributed by atoms with Gasteiger partial charge in [0.05, 0.1) is 34.2 Å². The van der Waals surface area contributed by atoms with Crippen molar-refractivity contribution in [2.45, 2.75) is 0 Å². The summed E-state index contributed by atoms with van der Waals surface area (Å²) in [6.07, 6.45) is 5.50. The lowest BCUT2D eigenvalue weighted by molar-refractivity contribution is 0.598. The third-order valence-corrected chi connectivity index (χ3v) is 3.82. The number of nitrogens with zero attached hydrogens (tertiary/aromatic N) is 3. The smallest absolute Gasteiger partial charge is 0.305 e. The van der Waals surface area contributed by atoms with Gasteiger partial charge in [-0.1, -0.05) is 11.6 Å². The van der Waals surface area contributed by atoms with Gasteiger partial charge < -0.3 is 9.55 Å². The molecule has 0 atom stereocenters. The molecule has 0 spiro atoms. The zero-order valence-corrected chi connectivity index (χ0v) is 13.2. The first-order valence-electron chi connectivity index (χ1n) is 6.21. The second-order valence-corrected chi connectivity index (χ2v) is 6.89. The molecule has 120 valence electrons. The summed E-state index contributed by atoms with van der Waals surface area (Å²) < 4.78 is 24.6. The molecule has 9 nitrogen and oxygen atoms in total. The highest BCUT2D eigenvalue weighted by Crippen LogP contribution is 2.23. The summed E-state index contributed by atoms with van der Waals surface area (Å²) >= 11 is 6.15. The minimum Gasteiger partial charge on any atom is -0.305 e. The standard InChI is InChI=1S/C12H10ClN5O4S/c1-23(21,22)16-18-11(19)7-4-10(17-3-2-14-6-17)8(13)5-9(7)15-12(18)20/h2-6,16H,1H3,(H,15,20). The van der Waals surface area contributed by atoms with Gasteiger partial charge in [-0.05, 0) is 12.1 Å². The fraction of sp³-hybridized carbons (Fsp3) is 0.0833. The van der Waals surface area contributed by atoms with Crippen LogP contribution in [0.4, 0.5) is 0 Å². The zero-order valence-electron chi connectivity index (χ0n) is 11.6. The van der Waals surface area contributed by atoms with Crippen LogP contribution in [0.3, 0.4) is 0 Å². The average Bonchev–Trinajstić information content (AvgIpc) is 2.96. The molecule has 0 saturated heterocycles. The summed E-state index contributed by atoms with van der Waals surface area (Å²) in [4.78, 5) is 32.4. The molecule has 0 bridgehead atoms. The summed E-state index contributed by atoms with van der Waals surface area (Å²) in [6, 6.07) is 2.86. The van der Waals surface area contributed by atoms with Crippen molar-refractivity contribution in [3.63, 3.8) is 0 Å². The lowest BCUT2D eigenvalue weighted by atomic mass is 10.2. The number of halogens is 1. The van der Waals surface area contributed by atoms with Crippen molar-refractivity contribution in [2.75, 3.05) is 11.1 Å². The number of aromatic nitrogens is 4. The minimum absolute atomic E-state index is 0.0915.